The van der Waals surface area contributed by atoms with Crippen LogP contribution in [0.2, 0.25) is 0 Å². The van der Waals surface area contributed by atoms with Gasteiger partial charge < -0.3 is 15.5 Å². The molecule has 1 aliphatic heterocycles. The highest BCUT2D eigenvalue weighted by Crippen LogP contribution is 2.15. The molecule has 0 bridgehead atoms. The lowest BCUT2D eigenvalue weighted by molar-refractivity contribution is 0.181. The first-order valence-corrected chi connectivity index (χ1v) is 8.92. The first-order valence-electron chi connectivity index (χ1n) is 8.92. The number of guanidine groups is 1. The van der Waals surface area contributed by atoms with Gasteiger partial charge in [0.25, 0.3) is 0 Å². The number of aliphatic imine (C=N–C) groups is 1. The Bertz CT molecular complexity index is 291. The number of nitrogens with one attached hydrogen (secondary N) is 2. The highest BCUT2D eigenvalue weighted by molar-refractivity contribution is 5.79. The van der Waals surface area contributed by atoms with Gasteiger partial charge in [-0.3, -0.25) is 4.99 Å². The number of unbranched alkanes of at least 4 members (excludes halogenated alkanes) is 1. The van der Waals surface area contributed by atoms with Crippen LogP contribution >= 0.6 is 0 Å². The van der Waals surface area contributed by atoms with E-state index in [0.29, 0.717) is 6.04 Å². The normalized spacial score (nSPS) is 22.1. The van der Waals surface area contributed by atoms with Crippen molar-refractivity contribution in [3.63, 3.8) is 0 Å². The molecular weight excluding hydrogens is 260 g/mol. The van der Waals surface area contributed by atoms with Gasteiger partial charge in [0.2, 0.25) is 0 Å². The molecule has 4 heteroatoms. The van der Waals surface area contributed by atoms with Crippen LogP contribution < -0.4 is 10.6 Å². The van der Waals surface area contributed by atoms with Crippen molar-refractivity contribution >= 4 is 5.96 Å². The predicted octanol–water partition coefficient (Wildman–Crippen LogP) is 2.85. The molecule has 2 atom stereocenters. The topological polar surface area (TPSA) is 39.7 Å². The van der Waals surface area contributed by atoms with Crippen LogP contribution in [0.4, 0.5) is 0 Å². The van der Waals surface area contributed by atoms with Gasteiger partial charge in [0.1, 0.15) is 0 Å². The lowest BCUT2D eigenvalue weighted by Gasteiger charge is -2.30. The average molecular weight is 297 g/mol. The molecule has 1 heterocycles. The molecule has 1 rings (SSSR count). The van der Waals surface area contributed by atoms with Crippen molar-refractivity contribution in [2.45, 2.75) is 65.8 Å². The zero-order valence-corrected chi connectivity index (χ0v) is 14.6. The molecule has 0 aliphatic carbocycles. The Kier molecular flexibility index (Phi) is 9.48. The van der Waals surface area contributed by atoms with Crippen LogP contribution in [0.25, 0.3) is 0 Å². The molecule has 0 aromatic carbocycles. The van der Waals surface area contributed by atoms with Crippen LogP contribution in [0, 0.1) is 5.92 Å². The molecule has 21 heavy (non-hydrogen) atoms. The van der Waals surface area contributed by atoms with Crippen LogP contribution in [0.3, 0.4) is 0 Å². The molecular formula is C17H36N4. The molecule has 0 amide bonds. The highest BCUT2D eigenvalue weighted by atomic mass is 15.2. The van der Waals surface area contributed by atoms with E-state index < -0.39 is 0 Å². The zero-order chi connectivity index (χ0) is 15.5. The Morgan fingerprint density at radius 1 is 1.33 bits per heavy atom. The van der Waals surface area contributed by atoms with E-state index in [1.807, 2.05) is 0 Å². The van der Waals surface area contributed by atoms with Gasteiger partial charge in [-0.05, 0) is 65.0 Å². The summed E-state index contributed by atoms with van der Waals surface area (Å²) in [7, 11) is 0. The van der Waals surface area contributed by atoms with Crippen molar-refractivity contribution in [1.29, 1.82) is 0 Å². The molecule has 1 fully saturated rings. The Labute approximate surface area is 131 Å². The summed E-state index contributed by atoms with van der Waals surface area (Å²) < 4.78 is 0. The van der Waals surface area contributed by atoms with Crippen LogP contribution in [-0.2, 0) is 0 Å². The van der Waals surface area contributed by atoms with Gasteiger partial charge >= 0.3 is 0 Å². The fraction of sp³-hybridized carbons (Fsp3) is 0.941. The van der Waals surface area contributed by atoms with Gasteiger partial charge in [-0.25, -0.2) is 0 Å². The predicted molar refractivity (Wildman–Crippen MR) is 92.9 cm³/mol. The highest BCUT2D eigenvalue weighted by Gasteiger charge is 2.15. The first-order chi connectivity index (χ1) is 10.2. The number of piperidine rings is 1. The summed E-state index contributed by atoms with van der Waals surface area (Å²) in [5.41, 5.74) is 0. The maximum atomic E-state index is 4.67. The minimum absolute atomic E-state index is 0.484. The van der Waals surface area contributed by atoms with Crippen LogP contribution in [-0.4, -0.2) is 49.6 Å². The monoisotopic (exact) mass is 296 g/mol. The SMILES string of the molecule is CCNC(=NCCCCN1CCCC(C)C1)NC(C)CC. The summed E-state index contributed by atoms with van der Waals surface area (Å²) in [6.07, 6.45) is 6.36. The molecule has 0 aromatic rings. The third kappa shape index (κ3) is 8.30. The Morgan fingerprint density at radius 3 is 2.81 bits per heavy atom. The second-order valence-electron chi connectivity index (χ2n) is 6.47. The van der Waals surface area contributed by atoms with Gasteiger partial charge in [-0.15, -0.1) is 0 Å². The molecule has 0 saturated carbocycles. The molecule has 0 spiro atoms. The number of nitrogens with zero attached hydrogens (tertiary/aromatic N) is 2. The lowest BCUT2D eigenvalue weighted by atomic mass is 10.0. The summed E-state index contributed by atoms with van der Waals surface area (Å²) in [5.74, 6) is 1.86. The van der Waals surface area contributed by atoms with E-state index in [0.717, 1.165) is 31.4 Å². The minimum atomic E-state index is 0.484. The summed E-state index contributed by atoms with van der Waals surface area (Å²) in [4.78, 5) is 7.30. The van der Waals surface area contributed by atoms with E-state index in [9.17, 15) is 0 Å². The fourth-order valence-electron chi connectivity index (χ4n) is 2.78. The summed E-state index contributed by atoms with van der Waals surface area (Å²) >= 11 is 0. The van der Waals surface area contributed by atoms with Crippen molar-refractivity contribution in [3.8, 4) is 0 Å². The maximum absolute atomic E-state index is 4.67. The molecule has 2 N–H and O–H groups in total. The number of hydrogen-bond acceptors (Lipinski definition) is 2. The molecule has 4 nitrogen and oxygen atoms in total. The van der Waals surface area contributed by atoms with E-state index in [2.05, 4.69) is 48.2 Å². The van der Waals surface area contributed by atoms with Crippen molar-refractivity contribution in [2.24, 2.45) is 10.9 Å². The summed E-state index contributed by atoms with van der Waals surface area (Å²) in [6, 6.07) is 0.484. The van der Waals surface area contributed by atoms with Crippen molar-refractivity contribution in [2.75, 3.05) is 32.7 Å². The average Bonchev–Trinajstić information content (AvgIpc) is 2.47. The van der Waals surface area contributed by atoms with E-state index in [4.69, 9.17) is 0 Å². The number of rotatable bonds is 8. The van der Waals surface area contributed by atoms with Crippen LogP contribution in [0.15, 0.2) is 4.99 Å². The standard InChI is InChI=1S/C17H36N4/c1-5-16(4)20-17(18-6-2)19-11-7-8-12-21-13-9-10-15(3)14-21/h15-16H,5-14H2,1-4H3,(H2,18,19,20). The smallest absolute Gasteiger partial charge is 0.191 e. The number of likely N-dealkylation sites (tertiary alicyclic amines) is 1. The van der Waals surface area contributed by atoms with Gasteiger partial charge in [-0.1, -0.05) is 13.8 Å². The second-order valence-corrected chi connectivity index (χ2v) is 6.47. The Balaban J connectivity index is 2.18. The third-order valence-electron chi connectivity index (χ3n) is 4.23. The molecule has 0 radical (unpaired) electrons. The molecule has 2 unspecified atom stereocenters. The van der Waals surface area contributed by atoms with Gasteiger partial charge in [-0.2, -0.15) is 0 Å². The zero-order valence-electron chi connectivity index (χ0n) is 14.6. The first kappa shape index (κ1) is 18.3. The van der Waals surface area contributed by atoms with Gasteiger partial charge in [0, 0.05) is 25.7 Å². The van der Waals surface area contributed by atoms with Crippen molar-refractivity contribution in [1.82, 2.24) is 15.5 Å². The van der Waals surface area contributed by atoms with E-state index >= 15 is 0 Å². The largest absolute Gasteiger partial charge is 0.357 e. The Morgan fingerprint density at radius 2 is 2.14 bits per heavy atom. The summed E-state index contributed by atoms with van der Waals surface area (Å²) in [5, 5.41) is 6.76. The van der Waals surface area contributed by atoms with Gasteiger partial charge in [0.15, 0.2) is 5.96 Å². The fourth-order valence-corrected chi connectivity index (χ4v) is 2.78. The lowest BCUT2D eigenvalue weighted by Crippen LogP contribution is -2.42. The number of hydrogen-bond donors (Lipinski definition) is 2. The van der Waals surface area contributed by atoms with Crippen LogP contribution in [0.1, 0.15) is 59.8 Å². The van der Waals surface area contributed by atoms with Crippen LogP contribution in [0.5, 0.6) is 0 Å². The minimum Gasteiger partial charge on any atom is -0.357 e. The van der Waals surface area contributed by atoms with E-state index in [-0.39, 0.29) is 0 Å². The van der Waals surface area contributed by atoms with E-state index in [1.54, 1.807) is 0 Å². The molecule has 124 valence electrons. The Hall–Kier alpha value is -0.770. The quantitative estimate of drug-likeness (QED) is 0.411. The third-order valence-corrected chi connectivity index (χ3v) is 4.23. The van der Waals surface area contributed by atoms with Crippen molar-refractivity contribution < 1.29 is 0 Å². The van der Waals surface area contributed by atoms with Crippen molar-refractivity contribution in [3.05, 3.63) is 0 Å². The molecule has 1 saturated heterocycles. The summed E-state index contributed by atoms with van der Waals surface area (Å²) in [6.45, 7) is 14.6. The maximum Gasteiger partial charge on any atom is 0.191 e. The molecule has 0 aromatic heterocycles. The van der Waals surface area contributed by atoms with Gasteiger partial charge in [0.05, 0.1) is 0 Å². The molecule has 1 aliphatic rings. The second kappa shape index (κ2) is 10.9. The van der Waals surface area contributed by atoms with E-state index in [1.165, 1.54) is 45.3 Å².